The van der Waals surface area contributed by atoms with Gasteiger partial charge in [0.25, 0.3) is 0 Å². The lowest BCUT2D eigenvalue weighted by molar-refractivity contribution is 0.411. The number of benzene rings is 7. The van der Waals surface area contributed by atoms with Crippen molar-refractivity contribution in [1.29, 1.82) is 0 Å². The van der Waals surface area contributed by atoms with Crippen LogP contribution in [0, 0.1) is 0 Å². The first-order chi connectivity index (χ1) is 28.3. The number of para-hydroxylation sites is 3. The Bertz CT molecular complexity index is 3190. The fourth-order valence-electron chi connectivity index (χ4n) is 9.27. The van der Waals surface area contributed by atoms with Gasteiger partial charge in [0.1, 0.15) is 29.3 Å². The number of hydrogen-bond acceptors (Lipinski definition) is 5. The topological polar surface area (TPSA) is 54.5 Å². The number of furan rings is 1. The lowest BCUT2D eigenvalue weighted by Crippen LogP contribution is -2.45. The fourth-order valence-corrected chi connectivity index (χ4v) is 10.6. The van der Waals surface area contributed by atoms with Crippen molar-refractivity contribution in [1.82, 2.24) is 15.2 Å². The smallest absolute Gasteiger partial charge is 0.143 e. The molecule has 0 saturated heterocycles. The van der Waals surface area contributed by atoms with Gasteiger partial charge < -0.3 is 14.3 Å². The first-order valence-electron chi connectivity index (χ1n) is 19.6. The van der Waals surface area contributed by atoms with Crippen LogP contribution < -0.4 is 10.6 Å². The maximum Gasteiger partial charge on any atom is 0.143 e. The number of fused-ring (bicyclic) bond motifs is 9. The van der Waals surface area contributed by atoms with E-state index in [0.29, 0.717) is 0 Å². The Hall–Kier alpha value is -6.73. The molecule has 0 fully saturated rings. The van der Waals surface area contributed by atoms with Gasteiger partial charge in [0, 0.05) is 64.2 Å². The number of thiophene rings is 1. The molecule has 1 aliphatic carbocycles. The SMILES string of the molecule is C1=Cc2c(sc3cc(-c4cccc5c4oc4cccc(C6NC(c7ccccc7)=NC(c7ccccc7)N6)c45)ccc23)C(n2c3ccccc3c3ccccc32)C1. The number of aromatic nitrogens is 1. The van der Waals surface area contributed by atoms with E-state index in [-0.39, 0.29) is 18.4 Å². The van der Waals surface area contributed by atoms with Crippen LogP contribution in [0.4, 0.5) is 0 Å². The predicted octanol–water partition coefficient (Wildman–Crippen LogP) is 12.9. The molecule has 0 spiro atoms. The molecule has 1 aliphatic heterocycles. The Balaban J connectivity index is 0.963. The molecule has 57 heavy (non-hydrogen) atoms. The molecule has 3 unspecified atom stereocenters. The third kappa shape index (κ3) is 5.15. The van der Waals surface area contributed by atoms with Crippen molar-refractivity contribution in [3.8, 4) is 11.1 Å². The zero-order valence-electron chi connectivity index (χ0n) is 30.9. The number of aliphatic imine (C=N–C) groups is 1. The largest absolute Gasteiger partial charge is 0.455 e. The number of hydrogen-bond donors (Lipinski definition) is 2. The Morgan fingerprint density at radius 2 is 1.37 bits per heavy atom. The minimum absolute atomic E-state index is 0.208. The number of nitrogens with one attached hydrogen (secondary N) is 2. The highest BCUT2D eigenvalue weighted by atomic mass is 32.1. The Morgan fingerprint density at radius 1 is 0.649 bits per heavy atom. The molecule has 5 nitrogen and oxygen atoms in total. The van der Waals surface area contributed by atoms with E-state index in [0.717, 1.165) is 62.0 Å². The molecule has 4 heterocycles. The van der Waals surface area contributed by atoms with Crippen molar-refractivity contribution in [2.45, 2.75) is 24.8 Å². The van der Waals surface area contributed by atoms with Crippen LogP contribution in [0.1, 0.15) is 51.9 Å². The second kappa shape index (κ2) is 12.9. The van der Waals surface area contributed by atoms with Crippen LogP contribution in [-0.4, -0.2) is 10.4 Å². The second-order valence-corrected chi connectivity index (χ2v) is 16.1. The molecule has 0 saturated carbocycles. The molecule has 3 aromatic heterocycles. The molecule has 12 rings (SSSR count). The third-order valence-electron chi connectivity index (χ3n) is 11.8. The number of rotatable bonds is 5. The highest BCUT2D eigenvalue weighted by Crippen LogP contribution is 2.47. The quantitative estimate of drug-likeness (QED) is 0.184. The van der Waals surface area contributed by atoms with Crippen LogP contribution >= 0.6 is 11.3 Å². The summed E-state index contributed by atoms with van der Waals surface area (Å²) in [7, 11) is 0. The van der Waals surface area contributed by atoms with Crippen molar-refractivity contribution in [2.75, 3.05) is 0 Å². The first-order valence-corrected chi connectivity index (χ1v) is 20.4. The molecular formula is C51H36N4OS. The minimum atomic E-state index is -0.218. The van der Waals surface area contributed by atoms with Crippen molar-refractivity contribution < 1.29 is 4.42 Å². The zero-order valence-corrected chi connectivity index (χ0v) is 31.7. The van der Waals surface area contributed by atoms with E-state index in [2.05, 4.69) is 179 Å². The van der Waals surface area contributed by atoms with Gasteiger partial charge in [-0.3, -0.25) is 5.32 Å². The van der Waals surface area contributed by atoms with E-state index < -0.39 is 0 Å². The highest BCUT2D eigenvalue weighted by Gasteiger charge is 2.29. The summed E-state index contributed by atoms with van der Waals surface area (Å²) >= 11 is 1.93. The van der Waals surface area contributed by atoms with Crippen LogP contribution in [0.3, 0.4) is 0 Å². The summed E-state index contributed by atoms with van der Waals surface area (Å²) < 4.78 is 10.7. The number of allylic oxidation sites excluding steroid dienone is 1. The van der Waals surface area contributed by atoms with Gasteiger partial charge in [-0.05, 0) is 47.4 Å². The average Bonchev–Trinajstić information content (AvgIpc) is 3.96. The monoisotopic (exact) mass is 752 g/mol. The number of amidine groups is 1. The van der Waals surface area contributed by atoms with E-state index in [1.807, 2.05) is 23.5 Å². The van der Waals surface area contributed by atoms with Crippen LogP contribution in [0.2, 0.25) is 0 Å². The Morgan fingerprint density at radius 3 is 2.18 bits per heavy atom. The van der Waals surface area contributed by atoms with Gasteiger partial charge in [0.2, 0.25) is 0 Å². The summed E-state index contributed by atoms with van der Waals surface area (Å²) in [6.45, 7) is 0. The zero-order chi connectivity index (χ0) is 37.5. The lowest BCUT2D eigenvalue weighted by atomic mass is 9.96. The molecule has 6 heteroatoms. The second-order valence-electron chi connectivity index (χ2n) is 15.1. The van der Waals surface area contributed by atoms with Gasteiger partial charge >= 0.3 is 0 Å². The van der Waals surface area contributed by atoms with Crippen LogP contribution in [-0.2, 0) is 0 Å². The van der Waals surface area contributed by atoms with Gasteiger partial charge in [-0.25, -0.2) is 4.99 Å². The average molecular weight is 753 g/mol. The molecule has 272 valence electrons. The standard InChI is InChI=1S/C51H36N4OS/c1-3-14-31(15-4-1)49-52-50(32-16-5-2-6-17-32)54-51(53-49)40-23-13-27-44-46(40)39-22-11-20-34(47(39)56-44)33-28-29-37-38-21-12-26-43(48(38)57-45(37)30-33)55-41-24-9-7-18-35(41)36-19-8-10-25-42(36)55/h1-25,27-30,43,49,51,53H,26H2,(H,52,54). The van der Waals surface area contributed by atoms with Crippen molar-refractivity contribution in [3.05, 3.63) is 197 Å². The molecule has 10 aromatic rings. The normalized spacial score (nSPS) is 18.0. The molecule has 0 radical (unpaired) electrons. The van der Waals surface area contributed by atoms with Crippen LogP contribution in [0.5, 0.6) is 0 Å². The van der Waals surface area contributed by atoms with E-state index in [1.165, 1.54) is 42.3 Å². The number of nitrogens with zero attached hydrogens (tertiary/aromatic N) is 2. The molecule has 0 amide bonds. The van der Waals surface area contributed by atoms with E-state index in [4.69, 9.17) is 9.41 Å². The molecule has 2 N–H and O–H groups in total. The van der Waals surface area contributed by atoms with Gasteiger partial charge in [0.15, 0.2) is 0 Å². The van der Waals surface area contributed by atoms with Gasteiger partial charge in [-0.15, -0.1) is 11.3 Å². The molecular weight excluding hydrogens is 717 g/mol. The van der Waals surface area contributed by atoms with Gasteiger partial charge in [-0.1, -0.05) is 152 Å². The van der Waals surface area contributed by atoms with Crippen LogP contribution in [0.15, 0.2) is 179 Å². The molecule has 7 aromatic carbocycles. The minimum Gasteiger partial charge on any atom is -0.455 e. The van der Waals surface area contributed by atoms with Crippen molar-refractivity contribution in [3.63, 3.8) is 0 Å². The predicted molar refractivity (Wildman–Crippen MR) is 237 cm³/mol. The Labute approximate surface area is 333 Å². The molecule has 2 aliphatic rings. The molecule has 0 bridgehead atoms. The van der Waals surface area contributed by atoms with E-state index in [1.54, 1.807) is 0 Å². The Kier molecular flexibility index (Phi) is 7.37. The summed E-state index contributed by atoms with van der Waals surface area (Å²) in [5.74, 6) is 0.862. The summed E-state index contributed by atoms with van der Waals surface area (Å²) in [5.41, 5.74) is 11.2. The summed E-state index contributed by atoms with van der Waals surface area (Å²) in [5, 5.41) is 13.7. The van der Waals surface area contributed by atoms with Crippen LogP contribution in [0.25, 0.3) is 71.0 Å². The molecule has 3 atom stereocenters. The van der Waals surface area contributed by atoms with Crippen molar-refractivity contribution >= 4 is 77.1 Å². The van der Waals surface area contributed by atoms with Crippen molar-refractivity contribution in [2.24, 2.45) is 4.99 Å². The summed E-state index contributed by atoms with van der Waals surface area (Å²) in [4.78, 5) is 6.56. The third-order valence-corrected chi connectivity index (χ3v) is 13.1. The fraction of sp³-hybridized carbons (Fsp3) is 0.0784. The summed E-state index contributed by atoms with van der Waals surface area (Å²) in [6, 6.07) is 58.6. The highest BCUT2D eigenvalue weighted by molar-refractivity contribution is 7.19. The summed E-state index contributed by atoms with van der Waals surface area (Å²) in [6.07, 6.45) is 5.23. The van der Waals surface area contributed by atoms with Gasteiger partial charge in [-0.2, -0.15) is 0 Å². The van der Waals surface area contributed by atoms with E-state index >= 15 is 0 Å². The van der Waals surface area contributed by atoms with Gasteiger partial charge in [0.05, 0.1) is 6.04 Å². The first kappa shape index (κ1) is 32.5. The lowest BCUT2D eigenvalue weighted by Gasteiger charge is -2.32. The van der Waals surface area contributed by atoms with E-state index in [9.17, 15) is 0 Å². The maximum atomic E-state index is 6.84. The maximum absolute atomic E-state index is 6.84.